The maximum absolute atomic E-state index is 13.0. The third kappa shape index (κ3) is 1.89. The van der Waals surface area contributed by atoms with Crippen LogP contribution in [0.3, 0.4) is 0 Å². The highest BCUT2D eigenvalue weighted by atomic mass is 19.1. The van der Waals surface area contributed by atoms with Crippen LogP contribution in [0.15, 0.2) is 48.9 Å². The van der Waals surface area contributed by atoms with E-state index in [-0.39, 0.29) is 5.82 Å². The molecule has 0 atom stereocenters. The molecule has 0 aliphatic heterocycles. The summed E-state index contributed by atoms with van der Waals surface area (Å²) >= 11 is 0. The van der Waals surface area contributed by atoms with Gasteiger partial charge in [0.25, 0.3) is 0 Å². The summed E-state index contributed by atoms with van der Waals surface area (Å²) in [4.78, 5) is 8.34. The van der Waals surface area contributed by atoms with Crippen molar-refractivity contribution in [3.63, 3.8) is 0 Å². The first kappa shape index (κ1) is 9.96. The van der Waals surface area contributed by atoms with Crippen molar-refractivity contribution in [3.05, 3.63) is 60.6 Å². The van der Waals surface area contributed by atoms with Gasteiger partial charge in [-0.25, -0.2) is 14.4 Å². The van der Waals surface area contributed by atoms with Crippen molar-refractivity contribution >= 4 is 10.9 Å². The molecular weight excluding hydrogens is 217 g/mol. The van der Waals surface area contributed by atoms with Crippen molar-refractivity contribution in [2.45, 2.75) is 6.54 Å². The summed E-state index contributed by atoms with van der Waals surface area (Å²) in [6.45, 7) is 0.593. The smallest absolute Gasteiger partial charge is 0.147 e. The molecule has 0 unspecified atom stereocenters. The van der Waals surface area contributed by atoms with Crippen molar-refractivity contribution in [1.82, 2.24) is 14.5 Å². The molecule has 0 radical (unpaired) electrons. The number of halogens is 1. The topological polar surface area (TPSA) is 30.7 Å². The lowest BCUT2D eigenvalue weighted by Crippen LogP contribution is -2.02. The quantitative estimate of drug-likeness (QED) is 0.673. The standard InChI is InChI=1S/C13H10FN3/c14-11-2-3-12-10(8-11)4-7-17(12)9-13-15-5-1-6-16-13/h1-8H,9H2. The number of fused-ring (bicyclic) bond motifs is 1. The Kier molecular flexibility index (Phi) is 2.33. The van der Waals surface area contributed by atoms with Gasteiger partial charge >= 0.3 is 0 Å². The van der Waals surface area contributed by atoms with Gasteiger partial charge in [0, 0.05) is 29.5 Å². The van der Waals surface area contributed by atoms with E-state index in [0.29, 0.717) is 6.54 Å². The predicted molar refractivity (Wildman–Crippen MR) is 63.0 cm³/mol. The fraction of sp³-hybridized carbons (Fsp3) is 0.0769. The summed E-state index contributed by atoms with van der Waals surface area (Å²) in [5.74, 6) is 0.528. The molecule has 0 saturated carbocycles. The van der Waals surface area contributed by atoms with Gasteiger partial charge in [-0.15, -0.1) is 0 Å². The first-order valence-corrected chi connectivity index (χ1v) is 5.33. The van der Waals surface area contributed by atoms with Crippen LogP contribution in [-0.2, 0) is 6.54 Å². The second-order valence-electron chi connectivity index (χ2n) is 3.81. The van der Waals surface area contributed by atoms with Gasteiger partial charge in [-0.05, 0) is 30.3 Å². The molecule has 84 valence electrons. The van der Waals surface area contributed by atoms with Gasteiger partial charge in [0.15, 0.2) is 0 Å². The first-order valence-electron chi connectivity index (χ1n) is 5.33. The minimum Gasteiger partial charge on any atom is -0.340 e. The summed E-state index contributed by atoms with van der Waals surface area (Å²) in [6.07, 6.45) is 5.35. The average molecular weight is 227 g/mol. The molecule has 0 amide bonds. The molecule has 3 nitrogen and oxygen atoms in total. The van der Waals surface area contributed by atoms with Crippen LogP contribution in [0.2, 0.25) is 0 Å². The van der Waals surface area contributed by atoms with Crippen LogP contribution in [0.25, 0.3) is 10.9 Å². The molecule has 0 aliphatic carbocycles. The molecule has 2 heterocycles. The number of benzene rings is 1. The Labute approximate surface area is 97.6 Å². The van der Waals surface area contributed by atoms with Crippen LogP contribution < -0.4 is 0 Å². The second kappa shape index (κ2) is 3.97. The molecule has 0 saturated heterocycles. The molecule has 3 rings (SSSR count). The molecule has 0 bridgehead atoms. The van der Waals surface area contributed by atoms with Crippen LogP contribution in [0.4, 0.5) is 4.39 Å². The van der Waals surface area contributed by atoms with Gasteiger partial charge in [-0.2, -0.15) is 0 Å². The van der Waals surface area contributed by atoms with Gasteiger partial charge in [-0.3, -0.25) is 0 Å². The van der Waals surface area contributed by atoms with Gasteiger partial charge < -0.3 is 4.57 Å². The zero-order valence-electron chi connectivity index (χ0n) is 9.05. The average Bonchev–Trinajstić information content (AvgIpc) is 2.73. The lowest BCUT2D eigenvalue weighted by atomic mass is 10.2. The normalized spacial score (nSPS) is 10.9. The van der Waals surface area contributed by atoms with Crippen molar-refractivity contribution in [2.24, 2.45) is 0 Å². The van der Waals surface area contributed by atoms with Crippen molar-refractivity contribution in [1.29, 1.82) is 0 Å². The maximum atomic E-state index is 13.0. The molecule has 17 heavy (non-hydrogen) atoms. The Balaban J connectivity index is 2.01. The van der Waals surface area contributed by atoms with Gasteiger partial charge in [0.2, 0.25) is 0 Å². The lowest BCUT2D eigenvalue weighted by Gasteiger charge is -2.03. The monoisotopic (exact) mass is 227 g/mol. The molecule has 2 aromatic heterocycles. The van der Waals surface area contributed by atoms with E-state index in [2.05, 4.69) is 9.97 Å². The minimum atomic E-state index is -0.216. The summed E-state index contributed by atoms with van der Waals surface area (Å²) in [6, 6.07) is 8.43. The van der Waals surface area contributed by atoms with Crippen LogP contribution in [0, 0.1) is 5.82 Å². The first-order chi connectivity index (χ1) is 8.33. The Bertz CT molecular complexity index is 646. The number of rotatable bonds is 2. The molecular formula is C13H10FN3. The molecule has 0 N–H and O–H groups in total. The zero-order chi connectivity index (χ0) is 11.7. The summed E-state index contributed by atoms with van der Waals surface area (Å²) < 4.78 is 15.0. The number of nitrogens with zero attached hydrogens (tertiary/aromatic N) is 3. The number of hydrogen-bond donors (Lipinski definition) is 0. The fourth-order valence-electron chi connectivity index (χ4n) is 1.87. The number of hydrogen-bond acceptors (Lipinski definition) is 2. The van der Waals surface area contributed by atoms with Crippen LogP contribution in [0.5, 0.6) is 0 Å². The van der Waals surface area contributed by atoms with Crippen LogP contribution in [0.1, 0.15) is 5.82 Å². The van der Waals surface area contributed by atoms with E-state index in [4.69, 9.17) is 0 Å². The molecule has 0 aliphatic rings. The summed E-state index contributed by atoms with van der Waals surface area (Å²) in [5.41, 5.74) is 0.985. The third-order valence-corrected chi connectivity index (χ3v) is 2.66. The van der Waals surface area contributed by atoms with E-state index in [9.17, 15) is 4.39 Å². The number of aromatic nitrogens is 3. The molecule has 1 aromatic carbocycles. The highest BCUT2D eigenvalue weighted by molar-refractivity contribution is 5.80. The SMILES string of the molecule is Fc1ccc2c(ccn2Cc2ncccn2)c1. The highest BCUT2D eigenvalue weighted by Crippen LogP contribution is 2.17. The fourth-order valence-corrected chi connectivity index (χ4v) is 1.87. The minimum absolute atomic E-state index is 0.216. The Hall–Kier alpha value is -2.23. The van der Waals surface area contributed by atoms with E-state index < -0.39 is 0 Å². The van der Waals surface area contributed by atoms with Crippen LogP contribution >= 0.6 is 0 Å². The molecule has 0 fully saturated rings. The second-order valence-corrected chi connectivity index (χ2v) is 3.81. The highest BCUT2D eigenvalue weighted by Gasteiger charge is 2.03. The largest absolute Gasteiger partial charge is 0.340 e. The zero-order valence-corrected chi connectivity index (χ0v) is 9.05. The Morgan fingerprint density at radius 1 is 1.12 bits per heavy atom. The van der Waals surface area contributed by atoms with Gasteiger partial charge in [0.05, 0.1) is 6.54 Å². The third-order valence-electron chi connectivity index (χ3n) is 2.66. The predicted octanol–water partition coefficient (Wildman–Crippen LogP) is 2.62. The van der Waals surface area contributed by atoms with Crippen molar-refractivity contribution < 1.29 is 4.39 Å². The lowest BCUT2D eigenvalue weighted by molar-refractivity contribution is 0.629. The van der Waals surface area contributed by atoms with E-state index in [1.54, 1.807) is 24.5 Å². The van der Waals surface area contributed by atoms with Crippen molar-refractivity contribution in [2.75, 3.05) is 0 Å². The van der Waals surface area contributed by atoms with E-state index in [1.807, 2.05) is 16.8 Å². The van der Waals surface area contributed by atoms with Gasteiger partial charge in [-0.1, -0.05) is 0 Å². The molecule has 0 spiro atoms. The molecule has 4 heteroatoms. The Morgan fingerprint density at radius 3 is 2.76 bits per heavy atom. The maximum Gasteiger partial charge on any atom is 0.147 e. The molecule has 3 aromatic rings. The van der Waals surface area contributed by atoms with E-state index in [1.165, 1.54) is 12.1 Å². The van der Waals surface area contributed by atoms with Gasteiger partial charge in [0.1, 0.15) is 11.6 Å². The summed E-state index contributed by atoms with van der Waals surface area (Å²) in [5, 5.41) is 0.890. The van der Waals surface area contributed by atoms with E-state index in [0.717, 1.165) is 16.7 Å². The Morgan fingerprint density at radius 2 is 1.94 bits per heavy atom. The van der Waals surface area contributed by atoms with E-state index >= 15 is 0 Å². The van der Waals surface area contributed by atoms with Crippen LogP contribution in [-0.4, -0.2) is 14.5 Å². The van der Waals surface area contributed by atoms with Crippen molar-refractivity contribution in [3.8, 4) is 0 Å². The summed E-state index contributed by atoms with van der Waals surface area (Å²) in [7, 11) is 0.